The number of hydrogen-bond acceptors (Lipinski definition) is 6. The molecule has 0 radical (unpaired) electrons. The maximum Gasteiger partial charge on any atom is 0.255 e. The van der Waals surface area contributed by atoms with E-state index < -0.39 is 17.7 Å². The summed E-state index contributed by atoms with van der Waals surface area (Å²) < 4.78 is 56.5. The summed E-state index contributed by atoms with van der Waals surface area (Å²) in [6.45, 7) is 1.93. The van der Waals surface area contributed by atoms with Crippen LogP contribution in [0.1, 0.15) is 13.3 Å². The molecule has 1 unspecified atom stereocenters. The van der Waals surface area contributed by atoms with Gasteiger partial charge in [-0.2, -0.15) is 0 Å². The number of aromatic nitrogens is 2. The average Bonchev–Trinajstić information content (AvgIpc) is 3.06. The van der Waals surface area contributed by atoms with Gasteiger partial charge in [0.25, 0.3) is 5.92 Å². The Morgan fingerprint density at radius 2 is 2.07 bits per heavy atom. The highest BCUT2D eigenvalue weighted by Crippen LogP contribution is 2.48. The molecule has 0 spiro atoms. The number of rotatable bonds is 7. The minimum Gasteiger partial charge on any atom is -0.493 e. The Kier molecular flexibility index (Phi) is 4.62. The van der Waals surface area contributed by atoms with Gasteiger partial charge in [-0.3, -0.25) is 0 Å². The van der Waals surface area contributed by atoms with Gasteiger partial charge in [0.1, 0.15) is 23.6 Å². The van der Waals surface area contributed by atoms with Crippen LogP contribution in [0.4, 0.5) is 13.2 Å². The first-order valence-electron chi connectivity index (χ1n) is 8.77. The summed E-state index contributed by atoms with van der Waals surface area (Å²) in [5.74, 6) is -3.41. The van der Waals surface area contributed by atoms with Crippen LogP contribution in [0.25, 0.3) is 22.7 Å². The maximum absolute atomic E-state index is 14.4. The van der Waals surface area contributed by atoms with E-state index in [4.69, 9.17) is 19.6 Å². The fourth-order valence-corrected chi connectivity index (χ4v) is 2.63. The molecule has 1 aliphatic rings. The van der Waals surface area contributed by atoms with Gasteiger partial charge in [0, 0.05) is 24.6 Å². The molecule has 2 N–H and O–H groups in total. The van der Waals surface area contributed by atoms with E-state index in [9.17, 15) is 13.2 Å². The lowest BCUT2D eigenvalue weighted by molar-refractivity contribution is 0.0856. The van der Waals surface area contributed by atoms with Crippen molar-refractivity contribution in [2.75, 3.05) is 13.2 Å². The number of nitrogens with two attached hydrogens (primary N) is 1. The Bertz CT molecular complexity index is 1010. The van der Waals surface area contributed by atoms with Gasteiger partial charge in [0.05, 0.1) is 18.7 Å². The van der Waals surface area contributed by atoms with Crippen LogP contribution in [0, 0.1) is 11.7 Å². The summed E-state index contributed by atoms with van der Waals surface area (Å²) in [6.07, 6.45) is 1.20. The van der Waals surface area contributed by atoms with Gasteiger partial charge in [0.2, 0.25) is 5.89 Å². The van der Waals surface area contributed by atoms with Crippen LogP contribution < -0.4 is 15.2 Å². The number of ether oxygens (including phenoxy) is 2. The largest absolute Gasteiger partial charge is 0.493 e. The molecular formula is C19H18F3N3O3. The topological polar surface area (TPSA) is 83.4 Å². The van der Waals surface area contributed by atoms with Crippen LogP contribution in [-0.4, -0.2) is 35.1 Å². The number of alkyl halides is 2. The van der Waals surface area contributed by atoms with Gasteiger partial charge in [-0.05, 0) is 19.1 Å². The van der Waals surface area contributed by atoms with Crippen LogP contribution >= 0.6 is 0 Å². The summed E-state index contributed by atoms with van der Waals surface area (Å²) in [7, 11) is 0. The lowest BCUT2D eigenvalue weighted by Crippen LogP contribution is -2.23. The lowest BCUT2D eigenvalue weighted by Gasteiger charge is -2.08. The van der Waals surface area contributed by atoms with Gasteiger partial charge >= 0.3 is 0 Å². The third kappa shape index (κ3) is 3.89. The first-order chi connectivity index (χ1) is 13.3. The molecule has 2 aromatic heterocycles. The molecule has 4 rings (SSSR count). The highest BCUT2D eigenvalue weighted by Gasteiger charge is 2.57. The first kappa shape index (κ1) is 18.5. The molecule has 0 amide bonds. The zero-order valence-electron chi connectivity index (χ0n) is 15.0. The molecule has 0 saturated heterocycles. The molecule has 0 bridgehead atoms. The monoisotopic (exact) mass is 393 g/mol. The van der Waals surface area contributed by atoms with Crippen LogP contribution in [0.5, 0.6) is 11.5 Å². The SMILES string of the molecule is C[C@H](N)COc1cnc(-c2nc3ccc(OCC4CC4(F)F)cc3o2)c(F)c1. The van der Waals surface area contributed by atoms with Crippen molar-refractivity contribution in [2.45, 2.75) is 25.3 Å². The summed E-state index contributed by atoms with van der Waals surface area (Å²) in [4.78, 5) is 8.23. The van der Waals surface area contributed by atoms with Crippen molar-refractivity contribution in [3.63, 3.8) is 0 Å². The first-order valence-corrected chi connectivity index (χ1v) is 8.77. The predicted octanol–water partition coefficient (Wildman–Crippen LogP) is 3.79. The van der Waals surface area contributed by atoms with E-state index in [0.29, 0.717) is 16.8 Å². The number of nitrogens with zero attached hydrogens (tertiary/aromatic N) is 2. The standard InChI is InChI=1S/C19H18F3N3O3/c1-10(23)8-26-13-4-14(20)17(24-7-13)18-25-15-3-2-12(5-16(15)28-18)27-9-11-6-19(11,21)22/h2-5,7,10-11H,6,8-9,23H2,1H3/t10-,11?/m0/s1. The fourth-order valence-electron chi connectivity index (χ4n) is 2.63. The highest BCUT2D eigenvalue weighted by atomic mass is 19.3. The minimum absolute atomic E-state index is 0.00267. The minimum atomic E-state index is -2.63. The Morgan fingerprint density at radius 1 is 1.29 bits per heavy atom. The highest BCUT2D eigenvalue weighted by molar-refractivity contribution is 5.77. The van der Waals surface area contributed by atoms with Crippen LogP contribution in [-0.2, 0) is 0 Å². The van der Waals surface area contributed by atoms with Gasteiger partial charge < -0.3 is 19.6 Å². The van der Waals surface area contributed by atoms with Crippen molar-refractivity contribution >= 4 is 11.1 Å². The second kappa shape index (κ2) is 6.97. The van der Waals surface area contributed by atoms with E-state index in [1.54, 1.807) is 19.1 Å². The summed E-state index contributed by atoms with van der Waals surface area (Å²) in [5, 5.41) is 0. The quantitative estimate of drug-likeness (QED) is 0.658. The fraction of sp³-hybridized carbons (Fsp3) is 0.368. The number of fused-ring (bicyclic) bond motifs is 1. The predicted molar refractivity (Wildman–Crippen MR) is 94.9 cm³/mol. The Balaban J connectivity index is 1.51. The molecule has 1 saturated carbocycles. The molecule has 1 aromatic carbocycles. The molecule has 2 heterocycles. The zero-order chi connectivity index (χ0) is 19.9. The molecule has 3 aromatic rings. The van der Waals surface area contributed by atoms with E-state index in [-0.39, 0.29) is 43.0 Å². The van der Waals surface area contributed by atoms with Crippen LogP contribution in [0.2, 0.25) is 0 Å². The van der Waals surface area contributed by atoms with Crippen molar-refractivity contribution in [3.05, 3.63) is 36.3 Å². The molecule has 0 aliphatic heterocycles. The van der Waals surface area contributed by atoms with Gasteiger partial charge in [-0.25, -0.2) is 23.1 Å². The molecule has 28 heavy (non-hydrogen) atoms. The van der Waals surface area contributed by atoms with Crippen molar-refractivity contribution in [1.82, 2.24) is 9.97 Å². The molecule has 148 valence electrons. The second-order valence-corrected chi connectivity index (χ2v) is 6.91. The second-order valence-electron chi connectivity index (χ2n) is 6.91. The van der Waals surface area contributed by atoms with Crippen molar-refractivity contribution in [3.8, 4) is 23.1 Å². The number of halogens is 3. The molecule has 1 aliphatic carbocycles. The number of oxazole rings is 1. The Hall–Kier alpha value is -2.81. The normalized spacial score (nSPS) is 18.8. The molecular weight excluding hydrogens is 375 g/mol. The number of hydrogen-bond donors (Lipinski definition) is 1. The smallest absolute Gasteiger partial charge is 0.255 e. The summed E-state index contributed by atoms with van der Waals surface area (Å²) in [5.41, 5.74) is 6.34. The molecule has 1 fully saturated rings. The number of pyridine rings is 1. The van der Waals surface area contributed by atoms with E-state index in [0.717, 1.165) is 0 Å². The third-order valence-corrected chi connectivity index (χ3v) is 4.30. The van der Waals surface area contributed by atoms with Crippen LogP contribution in [0.15, 0.2) is 34.9 Å². The van der Waals surface area contributed by atoms with E-state index in [2.05, 4.69) is 9.97 Å². The van der Waals surface area contributed by atoms with E-state index >= 15 is 0 Å². The number of benzene rings is 1. The van der Waals surface area contributed by atoms with E-state index in [1.807, 2.05) is 0 Å². The molecule has 9 heteroatoms. The maximum atomic E-state index is 14.4. The van der Waals surface area contributed by atoms with Crippen molar-refractivity contribution in [1.29, 1.82) is 0 Å². The van der Waals surface area contributed by atoms with Crippen molar-refractivity contribution in [2.24, 2.45) is 11.7 Å². The third-order valence-electron chi connectivity index (χ3n) is 4.30. The Morgan fingerprint density at radius 3 is 2.75 bits per heavy atom. The van der Waals surface area contributed by atoms with Gasteiger partial charge in [-0.1, -0.05) is 0 Å². The lowest BCUT2D eigenvalue weighted by atomic mass is 10.3. The molecule has 2 atom stereocenters. The zero-order valence-corrected chi connectivity index (χ0v) is 15.0. The molecule has 6 nitrogen and oxygen atoms in total. The van der Waals surface area contributed by atoms with Crippen LogP contribution in [0.3, 0.4) is 0 Å². The average molecular weight is 393 g/mol. The van der Waals surface area contributed by atoms with Crippen molar-refractivity contribution < 1.29 is 27.1 Å². The summed E-state index contributed by atoms with van der Waals surface area (Å²) in [6, 6.07) is 5.74. The Labute approximate surface area is 158 Å². The van der Waals surface area contributed by atoms with E-state index in [1.165, 1.54) is 18.3 Å². The van der Waals surface area contributed by atoms with Gasteiger partial charge in [0.15, 0.2) is 17.1 Å². The summed E-state index contributed by atoms with van der Waals surface area (Å²) >= 11 is 0. The van der Waals surface area contributed by atoms with Gasteiger partial charge in [-0.15, -0.1) is 0 Å².